The van der Waals surface area contributed by atoms with E-state index in [1.807, 2.05) is 18.2 Å². The number of halogens is 1. The molecule has 0 bridgehead atoms. The van der Waals surface area contributed by atoms with E-state index in [0.717, 1.165) is 6.42 Å². The molecule has 0 saturated carbocycles. The lowest BCUT2D eigenvalue weighted by molar-refractivity contribution is -0.122. The third-order valence-electron chi connectivity index (χ3n) is 2.56. The van der Waals surface area contributed by atoms with Crippen LogP contribution < -0.4 is 5.32 Å². The van der Waals surface area contributed by atoms with Gasteiger partial charge in [-0.05, 0) is 12.0 Å². The van der Waals surface area contributed by atoms with Gasteiger partial charge in [0.25, 0.3) is 0 Å². The van der Waals surface area contributed by atoms with Crippen LogP contribution in [0.25, 0.3) is 0 Å². The molecule has 1 amide bonds. The second-order valence-corrected chi connectivity index (χ2v) is 4.00. The molecule has 1 N–H and O–H groups in total. The lowest BCUT2D eigenvalue weighted by Crippen LogP contribution is -2.40. The topological polar surface area (TPSA) is 29.1 Å². The molecular weight excluding hydrogens is 198 g/mol. The van der Waals surface area contributed by atoms with Crippen LogP contribution in [0, 0.1) is 0 Å². The highest BCUT2D eigenvalue weighted by atomic mass is 35.5. The zero-order valence-corrected chi connectivity index (χ0v) is 8.50. The average Bonchev–Trinajstić information content (AvgIpc) is 2.19. The third kappa shape index (κ3) is 1.90. The normalized spacial score (nSPS) is 27.1. The molecular formula is C11H12ClNO. The molecule has 3 heteroatoms. The fourth-order valence-corrected chi connectivity index (χ4v) is 2.19. The first kappa shape index (κ1) is 9.53. The van der Waals surface area contributed by atoms with Gasteiger partial charge >= 0.3 is 0 Å². The molecule has 14 heavy (non-hydrogen) atoms. The van der Waals surface area contributed by atoms with Gasteiger partial charge in [-0.15, -0.1) is 0 Å². The van der Waals surface area contributed by atoms with E-state index < -0.39 is 0 Å². The van der Waals surface area contributed by atoms with Crippen molar-refractivity contribution in [2.24, 2.45) is 0 Å². The summed E-state index contributed by atoms with van der Waals surface area (Å²) in [7, 11) is 0. The van der Waals surface area contributed by atoms with Crippen molar-refractivity contribution in [2.45, 2.75) is 24.3 Å². The summed E-state index contributed by atoms with van der Waals surface area (Å²) >= 11 is 6.08. The van der Waals surface area contributed by atoms with Gasteiger partial charge in [-0.1, -0.05) is 41.9 Å². The van der Waals surface area contributed by atoms with E-state index >= 15 is 0 Å². The van der Waals surface area contributed by atoms with Crippen molar-refractivity contribution in [1.29, 1.82) is 0 Å². The molecule has 1 aromatic carbocycles. The van der Waals surface area contributed by atoms with Gasteiger partial charge in [-0.2, -0.15) is 0 Å². The first-order chi connectivity index (χ1) is 6.77. The van der Waals surface area contributed by atoms with E-state index in [2.05, 4.69) is 17.4 Å². The van der Waals surface area contributed by atoms with Crippen LogP contribution in [0.2, 0.25) is 0 Å². The highest BCUT2D eigenvalue weighted by Crippen LogP contribution is 2.29. The van der Waals surface area contributed by atoms with Crippen molar-refractivity contribution in [1.82, 2.24) is 5.32 Å². The number of piperidine rings is 1. The van der Waals surface area contributed by atoms with Crippen LogP contribution in [0.15, 0.2) is 30.3 Å². The van der Waals surface area contributed by atoms with Gasteiger partial charge in [-0.3, -0.25) is 4.79 Å². The minimum absolute atomic E-state index is 0.0529. The molecule has 1 aromatic rings. The first-order valence-corrected chi connectivity index (χ1v) is 5.19. The zero-order valence-electron chi connectivity index (χ0n) is 7.74. The van der Waals surface area contributed by atoms with Gasteiger partial charge in [0.15, 0.2) is 0 Å². The van der Waals surface area contributed by atoms with Crippen molar-refractivity contribution in [3.8, 4) is 0 Å². The predicted octanol–water partition coefficient (Wildman–Crippen LogP) is 2.25. The van der Waals surface area contributed by atoms with E-state index in [-0.39, 0.29) is 17.3 Å². The van der Waals surface area contributed by atoms with Gasteiger partial charge in [0, 0.05) is 12.3 Å². The molecule has 0 spiro atoms. The molecule has 1 heterocycles. The van der Waals surface area contributed by atoms with Gasteiger partial charge in [0.2, 0.25) is 5.91 Å². The van der Waals surface area contributed by atoms with Crippen molar-refractivity contribution in [2.75, 3.05) is 0 Å². The largest absolute Gasteiger partial charge is 0.339 e. The van der Waals surface area contributed by atoms with Crippen molar-refractivity contribution >= 4 is 17.5 Å². The van der Waals surface area contributed by atoms with Crippen LogP contribution in [0.1, 0.15) is 24.3 Å². The Labute approximate surface area is 88.3 Å². The Hall–Kier alpha value is -1.02. The van der Waals surface area contributed by atoms with Gasteiger partial charge in [0.1, 0.15) is 5.50 Å². The van der Waals surface area contributed by atoms with E-state index in [1.54, 1.807) is 0 Å². The summed E-state index contributed by atoms with van der Waals surface area (Å²) in [5.74, 6) is 0.299. The number of hydrogen-bond acceptors (Lipinski definition) is 1. The number of rotatable bonds is 1. The zero-order chi connectivity index (χ0) is 9.97. The quantitative estimate of drug-likeness (QED) is 0.558. The van der Waals surface area contributed by atoms with E-state index in [1.165, 1.54) is 5.56 Å². The summed E-state index contributed by atoms with van der Waals surface area (Å²) in [5, 5.41) is 2.75. The predicted molar refractivity (Wildman–Crippen MR) is 56.2 cm³/mol. The Morgan fingerprint density at radius 3 is 2.64 bits per heavy atom. The molecule has 1 aliphatic heterocycles. The summed E-state index contributed by atoms with van der Waals surface area (Å²) in [6.07, 6.45) is 1.41. The number of nitrogens with one attached hydrogen (secondary N) is 1. The maximum Gasteiger partial charge on any atom is 0.221 e. The molecule has 1 saturated heterocycles. The van der Waals surface area contributed by atoms with Gasteiger partial charge < -0.3 is 5.32 Å². The Kier molecular flexibility index (Phi) is 2.73. The van der Waals surface area contributed by atoms with Crippen LogP contribution in [0.5, 0.6) is 0 Å². The van der Waals surface area contributed by atoms with Crippen LogP contribution in [-0.4, -0.2) is 11.4 Å². The minimum Gasteiger partial charge on any atom is -0.339 e. The number of benzene rings is 1. The molecule has 0 aromatic heterocycles. The van der Waals surface area contributed by atoms with Crippen LogP contribution >= 0.6 is 11.6 Å². The fraction of sp³-hybridized carbons (Fsp3) is 0.364. The van der Waals surface area contributed by atoms with Gasteiger partial charge in [0.05, 0.1) is 0 Å². The number of carbonyl (C=O) groups excluding carboxylic acids is 1. The van der Waals surface area contributed by atoms with Crippen LogP contribution in [0.4, 0.5) is 0 Å². The lowest BCUT2D eigenvalue weighted by Gasteiger charge is -2.28. The Balaban J connectivity index is 2.16. The molecule has 0 aliphatic carbocycles. The summed E-state index contributed by atoms with van der Waals surface area (Å²) in [6, 6.07) is 10.1. The molecule has 0 radical (unpaired) electrons. The number of hydrogen-bond donors (Lipinski definition) is 1. The number of alkyl halides is 1. The maximum absolute atomic E-state index is 11.1. The van der Waals surface area contributed by atoms with Crippen LogP contribution in [-0.2, 0) is 4.79 Å². The summed E-state index contributed by atoms with van der Waals surface area (Å²) < 4.78 is 0. The third-order valence-corrected chi connectivity index (χ3v) is 2.98. The van der Waals surface area contributed by atoms with Crippen molar-refractivity contribution in [3.63, 3.8) is 0 Å². The molecule has 74 valence electrons. The van der Waals surface area contributed by atoms with E-state index in [0.29, 0.717) is 6.42 Å². The summed E-state index contributed by atoms with van der Waals surface area (Å²) in [6.45, 7) is 0. The van der Waals surface area contributed by atoms with Crippen LogP contribution in [0.3, 0.4) is 0 Å². The maximum atomic E-state index is 11.1. The number of carbonyl (C=O) groups is 1. The second kappa shape index (κ2) is 4.01. The monoisotopic (exact) mass is 209 g/mol. The standard InChI is InChI=1S/C11H12ClNO/c12-11-9(6-7-10(14)13-11)8-4-2-1-3-5-8/h1-5,9,11H,6-7H2,(H,13,14). The molecule has 1 fully saturated rings. The minimum atomic E-state index is -0.265. The average molecular weight is 210 g/mol. The fourth-order valence-electron chi connectivity index (χ4n) is 1.80. The highest BCUT2D eigenvalue weighted by molar-refractivity contribution is 6.22. The lowest BCUT2D eigenvalue weighted by atomic mass is 9.91. The molecule has 2 unspecified atom stereocenters. The Morgan fingerprint density at radius 2 is 2.00 bits per heavy atom. The Morgan fingerprint density at radius 1 is 1.29 bits per heavy atom. The number of amides is 1. The highest BCUT2D eigenvalue weighted by Gasteiger charge is 2.27. The molecule has 2 nitrogen and oxygen atoms in total. The smallest absolute Gasteiger partial charge is 0.221 e. The Bertz CT molecular complexity index is 325. The summed E-state index contributed by atoms with van der Waals surface area (Å²) in [4.78, 5) is 11.1. The van der Waals surface area contributed by atoms with Crippen molar-refractivity contribution < 1.29 is 4.79 Å². The van der Waals surface area contributed by atoms with E-state index in [4.69, 9.17) is 11.6 Å². The molecule has 1 aliphatic rings. The first-order valence-electron chi connectivity index (χ1n) is 4.76. The van der Waals surface area contributed by atoms with Crippen molar-refractivity contribution in [3.05, 3.63) is 35.9 Å². The van der Waals surface area contributed by atoms with E-state index in [9.17, 15) is 4.79 Å². The summed E-state index contributed by atoms with van der Waals surface area (Å²) in [5.41, 5.74) is 0.936. The van der Waals surface area contributed by atoms with Gasteiger partial charge in [-0.25, -0.2) is 0 Å². The molecule has 2 rings (SSSR count). The second-order valence-electron chi connectivity index (χ2n) is 3.53. The SMILES string of the molecule is O=C1CCC(c2ccccc2)C(Cl)N1. The molecule has 2 atom stereocenters.